The van der Waals surface area contributed by atoms with Gasteiger partial charge in [-0.05, 0) is 35.3 Å². The lowest BCUT2D eigenvalue weighted by Crippen LogP contribution is -1.99. The molecule has 0 unspecified atom stereocenters. The van der Waals surface area contributed by atoms with Crippen LogP contribution in [0, 0.1) is 6.92 Å². The first-order valence-corrected chi connectivity index (χ1v) is 6.88. The molecular formula is C11H14BrN3S. The van der Waals surface area contributed by atoms with Gasteiger partial charge in [-0.1, -0.05) is 6.92 Å². The Morgan fingerprint density at radius 1 is 1.56 bits per heavy atom. The molecule has 0 saturated heterocycles. The van der Waals surface area contributed by atoms with Gasteiger partial charge in [-0.2, -0.15) is 5.10 Å². The van der Waals surface area contributed by atoms with Crippen molar-refractivity contribution in [3.05, 3.63) is 32.1 Å². The topological polar surface area (TPSA) is 40.7 Å². The van der Waals surface area contributed by atoms with Gasteiger partial charge in [-0.3, -0.25) is 5.10 Å². The van der Waals surface area contributed by atoms with Crippen molar-refractivity contribution in [1.82, 2.24) is 10.2 Å². The molecule has 2 heterocycles. The zero-order chi connectivity index (χ0) is 11.5. The van der Waals surface area contributed by atoms with Crippen LogP contribution >= 0.6 is 27.3 Å². The smallest absolute Gasteiger partial charge is 0.151 e. The molecule has 2 rings (SSSR count). The highest BCUT2D eigenvalue weighted by Gasteiger charge is 2.07. The number of hydrogen-bond acceptors (Lipinski definition) is 3. The second kappa shape index (κ2) is 5.01. The van der Waals surface area contributed by atoms with E-state index in [-0.39, 0.29) is 0 Å². The Balaban J connectivity index is 2.02. The molecule has 0 fully saturated rings. The molecule has 0 aliphatic heterocycles. The standard InChI is InChI=1S/C11H14BrN3S/c1-3-10-7(2)11(15-14-10)13-5-9-4-8(12)6-16-9/h4,6H,3,5H2,1-2H3,(H2,13,14,15). The molecule has 0 saturated carbocycles. The predicted octanol–water partition coefficient (Wildman–Crippen LogP) is 3.72. The van der Waals surface area contributed by atoms with E-state index in [0.717, 1.165) is 23.3 Å². The minimum Gasteiger partial charge on any atom is -0.363 e. The third kappa shape index (κ3) is 2.47. The number of rotatable bonds is 4. The van der Waals surface area contributed by atoms with Gasteiger partial charge < -0.3 is 5.32 Å². The number of halogens is 1. The fourth-order valence-corrected chi connectivity index (χ4v) is 2.96. The summed E-state index contributed by atoms with van der Waals surface area (Å²) in [6.45, 7) is 5.04. The summed E-state index contributed by atoms with van der Waals surface area (Å²) in [4.78, 5) is 1.30. The average molecular weight is 300 g/mol. The third-order valence-corrected chi connectivity index (χ3v) is 4.21. The molecule has 0 spiro atoms. The van der Waals surface area contributed by atoms with Crippen molar-refractivity contribution in [2.75, 3.05) is 5.32 Å². The van der Waals surface area contributed by atoms with Crippen LogP contribution in [-0.4, -0.2) is 10.2 Å². The Labute approximate surface area is 107 Å². The summed E-state index contributed by atoms with van der Waals surface area (Å²) in [5.74, 6) is 0.960. The second-order valence-electron chi connectivity index (χ2n) is 3.61. The average Bonchev–Trinajstić information content (AvgIpc) is 2.83. The van der Waals surface area contributed by atoms with Crippen LogP contribution in [0.15, 0.2) is 15.9 Å². The van der Waals surface area contributed by atoms with E-state index in [0.29, 0.717) is 0 Å². The Morgan fingerprint density at radius 2 is 2.38 bits per heavy atom. The molecule has 5 heteroatoms. The molecule has 0 aliphatic rings. The minimum absolute atomic E-state index is 0.825. The summed E-state index contributed by atoms with van der Waals surface area (Å²) in [5, 5.41) is 12.7. The van der Waals surface area contributed by atoms with Crippen molar-refractivity contribution in [2.45, 2.75) is 26.8 Å². The zero-order valence-corrected chi connectivity index (χ0v) is 11.7. The Morgan fingerprint density at radius 3 is 2.94 bits per heavy atom. The number of H-pyrrole nitrogens is 1. The maximum atomic E-state index is 4.27. The molecule has 2 N–H and O–H groups in total. The highest BCUT2D eigenvalue weighted by atomic mass is 79.9. The number of thiophene rings is 1. The second-order valence-corrected chi connectivity index (χ2v) is 5.53. The van der Waals surface area contributed by atoms with E-state index in [9.17, 15) is 0 Å². The van der Waals surface area contributed by atoms with Gasteiger partial charge in [0.25, 0.3) is 0 Å². The largest absolute Gasteiger partial charge is 0.363 e. The molecule has 16 heavy (non-hydrogen) atoms. The fourth-order valence-electron chi connectivity index (χ4n) is 1.57. The van der Waals surface area contributed by atoms with E-state index in [2.05, 4.69) is 56.7 Å². The first kappa shape index (κ1) is 11.7. The van der Waals surface area contributed by atoms with Crippen LogP contribution in [0.25, 0.3) is 0 Å². The molecule has 2 aromatic heterocycles. The maximum Gasteiger partial charge on any atom is 0.151 e. The Bertz CT molecular complexity index is 475. The van der Waals surface area contributed by atoms with Crippen molar-refractivity contribution in [2.24, 2.45) is 0 Å². The van der Waals surface area contributed by atoms with Crippen LogP contribution in [0.5, 0.6) is 0 Å². The van der Waals surface area contributed by atoms with Crippen molar-refractivity contribution in [3.8, 4) is 0 Å². The molecule has 0 aliphatic carbocycles. The van der Waals surface area contributed by atoms with Gasteiger partial charge >= 0.3 is 0 Å². The molecule has 3 nitrogen and oxygen atoms in total. The molecule has 86 valence electrons. The van der Waals surface area contributed by atoms with Crippen molar-refractivity contribution in [3.63, 3.8) is 0 Å². The third-order valence-electron chi connectivity index (χ3n) is 2.52. The van der Waals surface area contributed by atoms with Crippen molar-refractivity contribution < 1.29 is 0 Å². The molecule has 0 bridgehead atoms. The van der Waals surface area contributed by atoms with Crippen LogP contribution in [0.2, 0.25) is 0 Å². The van der Waals surface area contributed by atoms with E-state index in [1.165, 1.54) is 16.1 Å². The van der Waals surface area contributed by atoms with E-state index < -0.39 is 0 Å². The number of nitrogens with one attached hydrogen (secondary N) is 2. The molecule has 0 aromatic carbocycles. The fraction of sp³-hybridized carbons (Fsp3) is 0.364. The highest BCUT2D eigenvalue weighted by Crippen LogP contribution is 2.22. The summed E-state index contributed by atoms with van der Waals surface area (Å²) in [6.07, 6.45) is 0.991. The monoisotopic (exact) mass is 299 g/mol. The first-order chi connectivity index (χ1) is 7.70. The lowest BCUT2D eigenvalue weighted by atomic mass is 10.2. The number of aromatic nitrogens is 2. The summed E-state index contributed by atoms with van der Waals surface area (Å²) in [5.41, 5.74) is 2.42. The molecule has 0 radical (unpaired) electrons. The van der Waals surface area contributed by atoms with Gasteiger partial charge in [0, 0.05) is 26.0 Å². The summed E-state index contributed by atoms with van der Waals surface area (Å²) < 4.78 is 1.14. The molecular weight excluding hydrogens is 286 g/mol. The summed E-state index contributed by atoms with van der Waals surface area (Å²) >= 11 is 5.19. The van der Waals surface area contributed by atoms with Crippen molar-refractivity contribution >= 4 is 33.1 Å². The van der Waals surface area contributed by atoms with Crippen LogP contribution in [-0.2, 0) is 13.0 Å². The number of aromatic amines is 1. The van der Waals surface area contributed by atoms with Gasteiger partial charge in [-0.25, -0.2) is 0 Å². The van der Waals surface area contributed by atoms with Gasteiger partial charge in [0.05, 0.1) is 6.54 Å². The number of aryl methyl sites for hydroxylation is 1. The number of nitrogens with zero attached hydrogens (tertiary/aromatic N) is 1. The van der Waals surface area contributed by atoms with E-state index in [4.69, 9.17) is 0 Å². The van der Waals surface area contributed by atoms with Crippen LogP contribution in [0.1, 0.15) is 23.1 Å². The van der Waals surface area contributed by atoms with E-state index in [1.807, 2.05) is 0 Å². The zero-order valence-electron chi connectivity index (χ0n) is 9.30. The van der Waals surface area contributed by atoms with E-state index in [1.54, 1.807) is 11.3 Å². The SMILES string of the molecule is CCc1[nH]nc(NCc2cc(Br)cs2)c1C. The molecule has 0 atom stereocenters. The lowest BCUT2D eigenvalue weighted by Gasteiger charge is -2.01. The van der Waals surface area contributed by atoms with Gasteiger partial charge in [0.2, 0.25) is 0 Å². The van der Waals surface area contributed by atoms with Crippen LogP contribution < -0.4 is 5.32 Å². The quantitative estimate of drug-likeness (QED) is 0.903. The van der Waals surface area contributed by atoms with Crippen LogP contribution in [0.3, 0.4) is 0 Å². The minimum atomic E-state index is 0.825. The molecule has 2 aromatic rings. The lowest BCUT2D eigenvalue weighted by molar-refractivity contribution is 0.966. The number of anilines is 1. The van der Waals surface area contributed by atoms with Gasteiger partial charge in [0.15, 0.2) is 5.82 Å². The maximum absolute atomic E-state index is 4.27. The van der Waals surface area contributed by atoms with Gasteiger partial charge in [-0.15, -0.1) is 11.3 Å². The van der Waals surface area contributed by atoms with Crippen molar-refractivity contribution in [1.29, 1.82) is 0 Å². The normalized spacial score (nSPS) is 10.7. The summed E-state index contributed by atoms with van der Waals surface area (Å²) in [6, 6.07) is 2.13. The van der Waals surface area contributed by atoms with Gasteiger partial charge in [0.1, 0.15) is 0 Å². The summed E-state index contributed by atoms with van der Waals surface area (Å²) in [7, 11) is 0. The highest BCUT2D eigenvalue weighted by molar-refractivity contribution is 9.10. The Hall–Kier alpha value is -0.810. The molecule has 0 amide bonds. The Kier molecular flexibility index (Phi) is 3.66. The first-order valence-electron chi connectivity index (χ1n) is 5.21. The predicted molar refractivity (Wildman–Crippen MR) is 72.0 cm³/mol. The van der Waals surface area contributed by atoms with E-state index >= 15 is 0 Å². The number of hydrogen-bond donors (Lipinski definition) is 2. The van der Waals surface area contributed by atoms with Crippen LogP contribution in [0.4, 0.5) is 5.82 Å².